The molecule has 0 aromatic heterocycles. The Kier molecular flexibility index (Phi) is 5.84. The van der Waals surface area contributed by atoms with Crippen LogP contribution in [0, 0.1) is 5.82 Å². The summed E-state index contributed by atoms with van der Waals surface area (Å²) < 4.78 is 24.2. The third kappa shape index (κ3) is 4.92. The number of halogens is 2. The summed E-state index contributed by atoms with van der Waals surface area (Å²) >= 11 is 5.60. The quantitative estimate of drug-likeness (QED) is 0.792. The zero-order valence-electron chi connectivity index (χ0n) is 11.5. The molecule has 2 rings (SSSR count). The standard InChI is InChI=1S/C16H17ClFNO2/c17-15-6-5-14(10-16(15)18)21-8-2-7-20-13-4-1-3-12(9-13)11-19/h1,3-6,9-10H,2,7-8,11,19H2. The molecule has 0 aliphatic heterocycles. The molecule has 0 fully saturated rings. The van der Waals surface area contributed by atoms with E-state index in [4.69, 9.17) is 26.8 Å². The second-order valence-electron chi connectivity index (χ2n) is 4.48. The highest BCUT2D eigenvalue weighted by Crippen LogP contribution is 2.20. The molecule has 2 aromatic rings. The van der Waals surface area contributed by atoms with Gasteiger partial charge in [-0.05, 0) is 29.8 Å². The van der Waals surface area contributed by atoms with E-state index in [2.05, 4.69) is 0 Å². The Balaban J connectivity index is 1.71. The van der Waals surface area contributed by atoms with E-state index in [0.717, 1.165) is 11.3 Å². The molecule has 0 heterocycles. The average molecular weight is 310 g/mol. The van der Waals surface area contributed by atoms with Gasteiger partial charge in [0.25, 0.3) is 0 Å². The molecule has 21 heavy (non-hydrogen) atoms. The fourth-order valence-corrected chi connectivity index (χ4v) is 1.89. The predicted molar refractivity (Wildman–Crippen MR) is 81.4 cm³/mol. The molecule has 112 valence electrons. The SMILES string of the molecule is NCc1cccc(OCCCOc2ccc(Cl)c(F)c2)c1. The summed E-state index contributed by atoms with van der Waals surface area (Å²) in [6, 6.07) is 12.0. The first-order valence-electron chi connectivity index (χ1n) is 6.68. The average Bonchev–Trinajstić information content (AvgIpc) is 2.50. The number of nitrogens with two attached hydrogens (primary N) is 1. The molecule has 5 heteroatoms. The molecule has 0 saturated carbocycles. The van der Waals surface area contributed by atoms with E-state index in [-0.39, 0.29) is 5.02 Å². The Morgan fingerprint density at radius 2 is 1.71 bits per heavy atom. The molecule has 2 N–H and O–H groups in total. The van der Waals surface area contributed by atoms with E-state index < -0.39 is 5.82 Å². The Hall–Kier alpha value is -1.78. The van der Waals surface area contributed by atoms with Crippen LogP contribution >= 0.6 is 11.6 Å². The number of benzene rings is 2. The van der Waals surface area contributed by atoms with Crippen LogP contribution in [0.3, 0.4) is 0 Å². The van der Waals surface area contributed by atoms with Crippen molar-refractivity contribution in [2.24, 2.45) is 5.73 Å². The molecule has 0 atom stereocenters. The number of hydrogen-bond donors (Lipinski definition) is 1. The zero-order valence-corrected chi connectivity index (χ0v) is 12.3. The summed E-state index contributed by atoms with van der Waals surface area (Å²) in [5.74, 6) is 0.765. The van der Waals surface area contributed by atoms with Gasteiger partial charge in [-0.3, -0.25) is 0 Å². The Morgan fingerprint density at radius 1 is 1.00 bits per heavy atom. The molecule has 3 nitrogen and oxygen atoms in total. The normalized spacial score (nSPS) is 10.4. The molecule has 0 radical (unpaired) electrons. The van der Waals surface area contributed by atoms with E-state index in [1.807, 2.05) is 24.3 Å². The van der Waals surface area contributed by atoms with Gasteiger partial charge in [-0.1, -0.05) is 23.7 Å². The molecule has 0 aliphatic carbocycles. The van der Waals surface area contributed by atoms with Crippen LogP contribution in [0.1, 0.15) is 12.0 Å². The number of hydrogen-bond acceptors (Lipinski definition) is 3. The third-order valence-corrected chi connectivity index (χ3v) is 3.16. The first-order valence-corrected chi connectivity index (χ1v) is 7.06. The largest absolute Gasteiger partial charge is 0.493 e. The molecule has 2 aromatic carbocycles. The minimum Gasteiger partial charge on any atom is -0.493 e. The van der Waals surface area contributed by atoms with Crippen molar-refractivity contribution >= 4 is 11.6 Å². The maximum atomic E-state index is 13.2. The van der Waals surface area contributed by atoms with Gasteiger partial charge in [0.1, 0.15) is 17.3 Å². The summed E-state index contributed by atoms with van der Waals surface area (Å²) in [6.45, 7) is 1.45. The van der Waals surface area contributed by atoms with Gasteiger partial charge in [-0.25, -0.2) is 4.39 Å². The van der Waals surface area contributed by atoms with Gasteiger partial charge < -0.3 is 15.2 Å². The lowest BCUT2D eigenvalue weighted by Crippen LogP contribution is -2.05. The topological polar surface area (TPSA) is 44.5 Å². The minimum atomic E-state index is -0.482. The molecule has 0 aliphatic rings. The van der Waals surface area contributed by atoms with Crippen LogP contribution in [0.4, 0.5) is 4.39 Å². The van der Waals surface area contributed by atoms with Crippen LogP contribution in [0.15, 0.2) is 42.5 Å². The monoisotopic (exact) mass is 309 g/mol. The van der Waals surface area contributed by atoms with Crippen molar-refractivity contribution in [1.82, 2.24) is 0 Å². The minimum absolute atomic E-state index is 0.0884. The number of ether oxygens (including phenoxy) is 2. The maximum Gasteiger partial charge on any atom is 0.145 e. The van der Waals surface area contributed by atoms with Crippen LogP contribution < -0.4 is 15.2 Å². The second kappa shape index (κ2) is 7.86. The van der Waals surface area contributed by atoms with E-state index in [0.29, 0.717) is 31.9 Å². The van der Waals surface area contributed by atoms with Gasteiger partial charge in [0, 0.05) is 19.0 Å². The van der Waals surface area contributed by atoms with Gasteiger partial charge in [-0.15, -0.1) is 0 Å². The summed E-state index contributed by atoms with van der Waals surface area (Å²) in [5.41, 5.74) is 6.59. The van der Waals surface area contributed by atoms with E-state index >= 15 is 0 Å². The van der Waals surface area contributed by atoms with E-state index in [9.17, 15) is 4.39 Å². The van der Waals surface area contributed by atoms with Gasteiger partial charge in [0.15, 0.2) is 0 Å². The molecular formula is C16H17ClFNO2. The van der Waals surface area contributed by atoms with Crippen molar-refractivity contribution < 1.29 is 13.9 Å². The summed E-state index contributed by atoms with van der Waals surface area (Å²) in [4.78, 5) is 0. The van der Waals surface area contributed by atoms with Crippen molar-refractivity contribution in [2.45, 2.75) is 13.0 Å². The summed E-state index contributed by atoms with van der Waals surface area (Å²) in [7, 11) is 0. The first kappa shape index (κ1) is 15.6. The van der Waals surface area contributed by atoms with E-state index in [1.165, 1.54) is 12.1 Å². The Morgan fingerprint density at radius 3 is 2.38 bits per heavy atom. The summed E-state index contributed by atoms with van der Waals surface area (Å²) in [6.07, 6.45) is 0.692. The maximum absolute atomic E-state index is 13.2. The first-order chi connectivity index (χ1) is 10.2. The number of rotatable bonds is 7. The zero-order chi connectivity index (χ0) is 15.1. The van der Waals surface area contributed by atoms with Crippen LogP contribution in [0.2, 0.25) is 5.02 Å². The lowest BCUT2D eigenvalue weighted by atomic mass is 10.2. The van der Waals surface area contributed by atoms with Gasteiger partial charge in [0.05, 0.1) is 18.2 Å². The van der Waals surface area contributed by atoms with Crippen LogP contribution in [0.5, 0.6) is 11.5 Å². The van der Waals surface area contributed by atoms with Crippen molar-refractivity contribution in [1.29, 1.82) is 0 Å². The lowest BCUT2D eigenvalue weighted by Gasteiger charge is -2.09. The third-order valence-electron chi connectivity index (χ3n) is 2.85. The Labute approximate surface area is 128 Å². The molecule has 0 unspecified atom stereocenters. The predicted octanol–water partition coefficient (Wildman–Crippen LogP) is 3.79. The van der Waals surface area contributed by atoms with Crippen molar-refractivity contribution in [2.75, 3.05) is 13.2 Å². The fourth-order valence-electron chi connectivity index (χ4n) is 1.77. The molecule has 0 amide bonds. The molecule has 0 spiro atoms. The Bertz CT molecular complexity index is 592. The van der Waals surface area contributed by atoms with Crippen molar-refractivity contribution in [3.8, 4) is 11.5 Å². The molecule has 0 saturated heterocycles. The summed E-state index contributed by atoms with van der Waals surface area (Å²) in [5, 5.41) is 0.0884. The van der Waals surface area contributed by atoms with Crippen LogP contribution in [0.25, 0.3) is 0 Å². The fraction of sp³-hybridized carbons (Fsp3) is 0.250. The van der Waals surface area contributed by atoms with Gasteiger partial charge >= 0.3 is 0 Å². The van der Waals surface area contributed by atoms with Gasteiger partial charge in [-0.2, -0.15) is 0 Å². The second-order valence-corrected chi connectivity index (χ2v) is 4.89. The lowest BCUT2D eigenvalue weighted by molar-refractivity contribution is 0.247. The van der Waals surface area contributed by atoms with Crippen LogP contribution in [-0.4, -0.2) is 13.2 Å². The van der Waals surface area contributed by atoms with Crippen LogP contribution in [-0.2, 0) is 6.54 Å². The highest BCUT2D eigenvalue weighted by Gasteiger charge is 2.02. The van der Waals surface area contributed by atoms with Crippen molar-refractivity contribution in [3.63, 3.8) is 0 Å². The molecular weight excluding hydrogens is 293 g/mol. The van der Waals surface area contributed by atoms with Gasteiger partial charge in [0.2, 0.25) is 0 Å². The van der Waals surface area contributed by atoms with E-state index in [1.54, 1.807) is 6.07 Å². The highest BCUT2D eigenvalue weighted by atomic mass is 35.5. The smallest absolute Gasteiger partial charge is 0.145 e. The highest BCUT2D eigenvalue weighted by molar-refractivity contribution is 6.30. The van der Waals surface area contributed by atoms with Crippen molar-refractivity contribution in [3.05, 3.63) is 58.9 Å². The molecule has 0 bridgehead atoms.